The molecule has 0 radical (unpaired) electrons. The van der Waals surface area contributed by atoms with Gasteiger partial charge in [0.25, 0.3) is 0 Å². The molecule has 0 saturated carbocycles. The Labute approximate surface area is 172 Å². The molecule has 2 saturated heterocycles. The van der Waals surface area contributed by atoms with Crippen molar-refractivity contribution in [3.8, 4) is 6.07 Å². The number of morpholine rings is 2. The van der Waals surface area contributed by atoms with Gasteiger partial charge < -0.3 is 19.3 Å². The van der Waals surface area contributed by atoms with Gasteiger partial charge in [-0.1, -0.05) is 13.8 Å². The van der Waals surface area contributed by atoms with Crippen LogP contribution < -0.4 is 9.80 Å². The highest BCUT2D eigenvalue weighted by molar-refractivity contribution is 5.76. The van der Waals surface area contributed by atoms with Crippen LogP contribution in [-0.2, 0) is 9.47 Å². The molecular formula is C21H30N4O4. The van der Waals surface area contributed by atoms with Crippen LogP contribution in [0.5, 0.6) is 0 Å². The summed E-state index contributed by atoms with van der Waals surface area (Å²) in [6, 6.07) is 5.57. The summed E-state index contributed by atoms with van der Waals surface area (Å²) in [5.41, 5.74) is 1.32. The molecule has 3 rings (SSSR count). The van der Waals surface area contributed by atoms with Crippen LogP contribution in [0.4, 0.5) is 17.1 Å². The number of benzene rings is 1. The van der Waals surface area contributed by atoms with E-state index in [2.05, 4.69) is 17.9 Å². The number of rotatable bonds is 5. The Balaban J connectivity index is 2.05. The van der Waals surface area contributed by atoms with Crippen molar-refractivity contribution in [3.05, 3.63) is 27.8 Å². The smallest absolute Gasteiger partial charge is 0.310 e. The number of hydrogen-bond donors (Lipinski definition) is 0. The first kappa shape index (κ1) is 21.3. The van der Waals surface area contributed by atoms with Crippen molar-refractivity contribution in [1.82, 2.24) is 0 Å². The van der Waals surface area contributed by atoms with Crippen LogP contribution in [0.3, 0.4) is 0 Å². The van der Waals surface area contributed by atoms with E-state index in [1.165, 1.54) is 0 Å². The maximum atomic E-state index is 11.9. The van der Waals surface area contributed by atoms with Crippen molar-refractivity contribution >= 4 is 17.1 Å². The summed E-state index contributed by atoms with van der Waals surface area (Å²) < 4.78 is 11.9. The van der Waals surface area contributed by atoms with Gasteiger partial charge in [0.05, 0.1) is 29.3 Å². The van der Waals surface area contributed by atoms with Gasteiger partial charge in [0.2, 0.25) is 0 Å². The normalized spacial score (nSPS) is 27.6. The number of nitro benzene ring substituents is 1. The lowest BCUT2D eigenvalue weighted by molar-refractivity contribution is -0.384. The molecule has 8 heteroatoms. The summed E-state index contributed by atoms with van der Waals surface area (Å²) in [7, 11) is 0. The summed E-state index contributed by atoms with van der Waals surface area (Å²) in [4.78, 5) is 15.6. The van der Waals surface area contributed by atoms with Crippen molar-refractivity contribution in [3.63, 3.8) is 0 Å². The monoisotopic (exact) mass is 402 g/mol. The molecule has 1 aromatic carbocycles. The number of hydrogen-bond acceptors (Lipinski definition) is 7. The third-order valence-corrected chi connectivity index (χ3v) is 5.65. The van der Waals surface area contributed by atoms with Gasteiger partial charge in [-0.05, 0) is 38.8 Å². The van der Waals surface area contributed by atoms with Crippen molar-refractivity contribution in [2.75, 3.05) is 36.0 Å². The molecule has 158 valence electrons. The van der Waals surface area contributed by atoms with Crippen LogP contribution in [0.15, 0.2) is 12.1 Å². The fraction of sp³-hybridized carbons (Fsp3) is 0.667. The Morgan fingerprint density at radius 3 is 2.14 bits per heavy atom. The minimum Gasteiger partial charge on any atom is -0.372 e. The van der Waals surface area contributed by atoms with Crippen LogP contribution >= 0.6 is 0 Å². The second kappa shape index (κ2) is 8.97. The van der Waals surface area contributed by atoms with Crippen molar-refractivity contribution in [1.29, 1.82) is 5.26 Å². The summed E-state index contributed by atoms with van der Waals surface area (Å²) in [6.07, 6.45) is 1.88. The topological polar surface area (TPSA) is 91.9 Å². The first-order valence-corrected chi connectivity index (χ1v) is 10.4. The zero-order chi connectivity index (χ0) is 21.1. The van der Waals surface area contributed by atoms with E-state index in [0.717, 1.165) is 18.5 Å². The van der Waals surface area contributed by atoms with E-state index in [9.17, 15) is 15.4 Å². The number of nitriles is 1. The van der Waals surface area contributed by atoms with Gasteiger partial charge in [0, 0.05) is 31.9 Å². The first-order valence-electron chi connectivity index (χ1n) is 10.4. The van der Waals surface area contributed by atoms with Crippen LogP contribution in [0.1, 0.15) is 46.1 Å². The third-order valence-electron chi connectivity index (χ3n) is 5.65. The summed E-state index contributed by atoms with van der Waals surface area (Å²) in [5, 5.41) is 21.6. The van der Waals surface area contributed by atoms with E-state index < -0.39 is 4.92 Å². The Hall–Kier alpha value is -2.37. The minimum atomic E-state index is -0.435. The predicted molar refractivity (Wildman–Crippen MR) is 111 cm³/mol. The molecule has 0 spiro atoms. The molecule has 2 aliphatic rings. The number of anilines is 2. The van der Waals surface area contributed by atoms with E-state index in [-0.39, 0.29) is 35.7 Å². The van der Waals surface area contributed by atoms with Crippen LogP contribution in [0.2, 0.25) is 0 Å². The van der Waals surface area contributed by atoms with Crippen molar-refractivity contribution in [2.24, 2.45) is 0 Å². The molecule has 1 aromatic rings. The molecule has 0 bridgehead atoms. The maximum Gasteiger partial charge on any atom is 0.310 e. The predicted octanol–water partition coefficient (Wildman–Crippen LogP) is 3.47. The molecule has 0 aromatic heterocycles. The minimum absolute atomic E-state index is 0.0143. The highest BCUT2D eigenvalue weighted by Crippen LogP contribution is 2.38. The SMILES string of the molecule is CCC1CN(c2cc(C#N)c([N+](=O)[O-])c(N3CC(C)OC(CC)C3)c2)CC(C)O1. The van der Waals surface area contributed by atoms with Gasteiger partial charge in [-0.25, -0.2) is 0 Å². The Morgan fingerprint density at radius 2 is 1.62 bits per heavy atom. The standard InChI is InChI=1S/C21H30N4O4/c1-5-18-12-23(10-14(3)28-18)17-7-16(9-22)21(25(26)27)20(8-17)24-11-15(4)29-19(6-2)13-24/h7-8,14-15,18-19H,5-6,10-13H2,1-4H3. The fourth-order valence-electron chi connectivity index (χ4n) is 4.25. The van der Waals surface area contributed by atoms with Crippen molar-refractivity contribution < 1.29 is 14.4 Å². The molecule has 2 aliphatic heterocycles. The molecule has 2 heterocycles. The zero-order valence-electron chi connectivity index (χ0n) is 17.6. The molecule has 8 nitrogen and oxygen atoms in total. The Bertz CT molecular complexity index is 794. The second-order valence-electron chi connectivity index (χ2n) is 7.99. The largest absolute Gasteiger partial charge is 0.372 e. The van der Waals surface area contributed by atoms with Gasteiger partial charge in [-0.3, -0.25) is 10.1 Å². The first-order chi connectivity index (χ1) is 13.9. The lowest BCUT2D eigenvalue weighted by Crippen LogP contribution is -2.47. The molecule has 0 aliphatic carbocycles. The zero-order valence-corrected chi connectivity index (χ0v) is 17.6. The maximum absolute atomic E-state index is 11.9. The number of nitrogens with zero attached hydrogens (tertiary/aromatic N) is 4. The van der Waals surface area contributed by atoms with Gasteiger partial charge in [-0.2, -0.15) is 5.26 Å². The summed E-state index contributed by atoms with van der Waals surface area (Å²) in [6.45, 7) is 10.7. The molecule has 0 amide bonds. The molecule has 4 atom stereocenters. The lowest BCUT2D eigenvalue weighted by Gasteiger charge is -2.40. The van der Waals surface area contributed by atoms with E-state index in [0.29, 0.717) is 31.9 Å². The van der Waals surface area contributed by atoms with E-state index in [1.54, 1.807) is 6.07 Å². The Kier molecular flexibility index (Phi) is 6.60. The average molecular weight is 402 g/mol. The van der Waals surface area contributed by atoms with Gasteiger partial charge >= 0.3 is 5.69 Å². The molecule has 2 fully saturated rings. The van der Waals surface area contributed by atoms with E-state index in [4.69, 9.17) is 9.47 Å². The molecular weight excluding hydrogens is 372 g/mol. The van der Waals surface area contributed by atoms with E-state index >= 15 is 0 Å². The number of ether oxygens (including phenoxy) is 2. The second-order valence-corrected chi connectivity index (χ2v) is 7.99. The highest BCUT2D eigenvalue weighted by Gasteiger charge is 2.33. The van der Waals surface area contributed by atoms with Gasteiger partial charge in [-0.15, -0.1) is 0 Å². The Morgan fingerprint density at radius 1 is 1.07 bits per heavy atom. The average Bonchev–Trinajstić information content (AvgIpc) is 2.71. The fourth-order valence-corrected chi connectivity index (χ4v) is 4.25. The molecule has 29 heavy (non-hydrogen) atoms. The van der Waals surface area contributed by atoms with Gasteiger partial charge in [0.15, 0.2) is 0 Å². The number of nitro groups is 1. The molecule has 4 unspecified atom stereocenters. The van der Waals surface area contributed by atoms with Crippen LogP contribution in [0.25, 0.3) is 0 Å². The quantitative estimate of drug-likeness (QED) is 0.550. The molecule has 0 N–H and O–H groups in total. The highest BCUT2D eigenvalue weighted by atomic mass is 16.6. The summed E-state index contributed by atoms with van der Waals surface area (Å²) >= 11 is 0. The third kappa shape index (κ3) is 4.62. The summed E-state index contributed by atoms with van der Waals surface area (Å²) in [5.74, 6) is 0. The van der Waals surface area contributed by atoms with Gasteiger partial charge in [0.1, 0.15) is 17.3 Å². The van der Waals surface area contributed by atoms with E-state index in [1.807, 2.05) is 31.7 Å². The lowest BCUT2D eigenvalue weighted by atomic mass is 10.1. The van der Waals surface area contributed by atoms with Crippen LogP contribution in [0, 0.1) is 21.4 Å². The van der Waals surface area contributed by atoms with Crippen LogP contribution in [-0.4, -0.2) is 55.5 Å². The van der Waals surface area contributed by atoms with Crippen molar-refractivity contribution in [2.45, 2.75) is 65.0 Å².